The van der Waals surface area contributed by atoms with Gasteiger partial charge in [0.15, 0.2) is 17.5 Å². The number of hydrogen-bond donors (Lipinski definition) is 3. The number of halogens is 3. The lowest BCUT2D eigenvalue weighted by molar-refractivity contribution is 0.252. The average Bonchev–Trinajstić information content (AvgIpc) is 2.55. The molecule has 2 aromatic rings. The van der Waals surface area contributed by atoms with Crippen molar-refractivity contribution in [2.24, 2.45) is 5.14 Å². The Bertz CT molecular complexity index is 887. The lowest BCUT2D eigenvalue weighted by atomic mass is 10.1. The first kappa shape index (κ1) is 18.7. The maximum Gasteiger partial charge on any atom is 0.319 e. The number of urea groups is 1. The number of carbonyl (C=O) groups is 1. The first-order valence-electron chi connectivity index (χ1n) is 6.98. The first-order valence-corrected chi connectivity index (χ1v) is 8.53. The van der Waals surface area contributed by atoms with E-state index in [1.165, 1.54) is 24.3 Å². The Morgan fingerprint density at radius 1 is 1.00 bits per heavy atom. The lowest BCUT2D eigenvalue weighted by Crippen LogP contribution is -2.30. The fourth-order valence-electron chi connectivity index (χ4n) is 1.96. The van der Waals surface area contributed by atoms with Crippen LogP contribution in [0.4, 0.5) is 23.7 Å². The van der Waals surface area contributed by atoms with Gasteiger partial charge in [0.2, 0.25) is 10.0 Å². The van der Waals surface area contributed by atoms with Crippen LogP contribution < -0.4 is 15.8 Å². The standard InChI is InChI=1S/C15H14F3N3O3S/c16-11-5-6-12(14(18)13(11)17)21-15(22)20-8-7-9-1-3-10(4-2-9)25(19,23)24/h1-6H,7-8H2,(H2,19,23,24)(H2,20,21,22). The van der Waals surface area contributed by atoms with Gasteiger partial charge >= 0.3 is 6.03 Å². The third kappa shape index (κ3) is 4.94. The second kappa shape index (κ2) is 7.53. The van der Waals surface area contributed by atoms with Gasteiger partial charge in [0.25, 0.3) is 0 Å². The van der Waals surface area contributed by atoms with Crippen LogP contribution in [-0.2, 0) is 16.4 Å². The summed E-state index contributed by atoms with van der Waals surface area (Å²) in [6.45, 7) is 0.145. The van der Waals surface area contributed by atoms with Crippen molar-refractivity contribution in [3.8, 4) is 0 Å². The molecule has 0 bridgehead atoms. The second-order valence-electron chi connectivity index (χ2n) is 5.04. The predicted molar refractivity (Wildman–Crippen MR) is 84.9 cm³/mol. The smallest absolute Gasteiger partial charge is 0.319 e. The number of anilines is 1. The molecule has 0 unspecified atom stereocenters. The van der Waals surface area contributed by atoms with Gasteiger partial charge in [0, 0.05) is 6.54 Å². The monoisotopic (exact) mass is 373 g/mol. The Labute approximate surface area is 141 Å². The van der Waals surface area contributed by atoms with E-state index < -0.39 is 39.2 Å². The number of amides is 2. The Hall–Kier alpha value is -2.59. The summed E-state index contributed by atoms with van der Waals surface area (Å²) in [6, 6.07) is 6.54. The minimum atomic E-state index is -3.77. The minimum absolute atomic E-state index is 0.0317. The third-order valence-corrected chi connectivity index (χ3v) is 4.16. The number of nitrogens with one attached hydrogen (secondary N) is 2. The first-order chi connectivity index (χ1) is 11.7. The molecular formula is C15H14F3N3O3S. The van der Waals surface area contributed by atoms with Crippen LogP contribution in [0.25, 0.3) is 0 Å². The number of primary sulfonamides is 1. The number of benzene rings is 2. The molecule has 0 saturated carbocycles. The van der Waals surface area contributed by atoms with E-state index in [0.29, 0.717) is 12.5 Å². The van der Waals surface area contributed by atoms with E-state index in [-0.39, 0.29) is 11.4 Å². The van der Waals surface area contributed by atoms with Crippen LogP contribution in [0, 0.1) is 17.5 Å². The van der Waals surface area contributed by atoms with Crippen molar-refractivity contribution in [2.75, 3.05) is 11.9 Å². The zero-order valence-corrected chi connectivity index (χ0v) is 13.5. The van der Waals surface area contributed by atoms with Crippen molar-refractivity contribution in [3.05, 3.63) is 59.4 Å². The molecule has 0 atom stereocenters. The molecule has 134 valence electrons. The van der Waals surface area contributed by atoms with E-state index in [1.54, 1.807) is 0 Å². The average molecular weight is 373 g/mol. The summed E-state index contributed by atoms with van der Waals surface area (Å²) in [5, 5.41) is 9.45. The van der Waals surface area contributed by atoms with E-state index >= 15 is 0 Å². The number of sulfonamides is 1. The summed E-state index contributed by atoms with van der Waals surface area (Å²) in [4.78, 5) is 11.6. The highest BCUT2D eigenvalue weighted by molar-refractivity contribution is 7.89. The van der Waals surface area contributed by atoms with Gasteiger partial charge in [0.1, 0.15) is 0 Å². The summed E-state index contributed by atoms with van der Waals surface area (Å²) in [5.74, 6) is -4.52. The number of hydrogen-bond acceptors (Lipinski definition) is 3. The number of carbonyl (C=O) groups excluding carboxylic acids is 1. The molecule has 2 aromatic carbocycles. The normalized spacial score (nSPS) is 11.2. The topological polar surface area (TPSA) is 101 Å². The number of nitrogens with two attached hydrogens (primary N) is 1. The van der Waals surface area contributed by atoms with Gasteiger partial charge in [-0.3, -0.25) is 0 Å². The highest BCUT2D eigenvalue weighted by Crippen LogP contribution is 2.19. The zero-order chi connectivity index (χ0) is 18.6. The van der Waals surface area contributed by atoms with Gasteiger partial charge in [-0.25, -0.2) is 31.5 Å². The molecule has 2 rings (SSSR count). The zero-order valence-electron chi connectivity index (χ0n) is 12.7. The summed E-state index contributed by atoms with van der Waals surface area (Å²) < 4.78 is 61.5. The molecule has 0 aliphatic heterocycles. The minimum Gasteiger partial charge on any atom is -0.338 e. The Morgan fingerprint density at radius 3 is 2.24 bits per heavy atom. The van der Waals surface area contributed by atoms with Gasteiger partial charge in [-0.1, -0.05) is 12.1 Å². The van der Waals surface area contributed by atoms with E-state index in [1.807, 2.05) is 0 Å². The molecule has 2 amide bonds. The van der Waals surface area contributed by atoms with Crippen molar-refractivity contribution in [1.29, 1.82) is 0 Å². The fourth-order valence-corrected chi connectivity index (χ4v) is 2.47. The van der Waals surface area contributed by atoms with E-state index in [4.69, 9.17) is 5.14 Å². The molecule has 4 N–H and O–H groups in total. The maximum absolute atomic E-state index is 13.4. The van der Waals surface area contributed by atoms with Gasteiger partial charge in [-0.2, -0.15) is 0 Å². The van der Waals surface area contributed by atoms with Crippen LogP contribution in [-0.4, -0.2) is 21.0 Å². The molecule has 0 aliphatic rings. The molecule has 0 heterocycles. The summed E-state index contributed by atoms with van der Waals surface area (Å²) >= 11 is 0. The quantitative estimate of drug-likeness (QED) is 0.700. The summed E-state index contributed by atoms with van der Waals surface area (Å²) in [5.41, 5.74) is 0.237. The van der Waals surface area contributed by atoms with Gasteiger partial charge in [0.05, 0.1) is 10.6 Å². The Morgan fingerprint density at radius 2 is 1.64 bits per heavy atom. The van der Waals surface area contributed by atoms with Gasteiger partial charge < -0.3 is 10.6 Å². The molecule has 0 fully saturated rings. The fraction of sp³-hybridized carbons (Fsp3) is 0.133. The van der Waals surface area contributed by atoms with Crippen molar-refractivity contribution >= 4 is 21.7 Å². The molecule has 25 heavy (non-hydrogen) atoms. The van der Waals surface area contributed by atoms with Crippen molar-refractivity contribution in [1.82, 2.24) is 5.32 Å². The third-order valence-electron chi connectivity index (χ3n) is 3.23. The van der Waals surface area contributed by atoms with Crippen LogP contribution in [0.1, 0.15) is 5.56 Å². The Balaban J connectivity index is 1.88. The van der Waals surface area contributed by atoms with Crippen LogP contribution in [0.3, 0.4) is 0 Å². The van der Waals surface area contributed by atoms with Crippen LogP contribution in [0.15, 0.2) is 41.3 Å². The van der Waals surface area contributed by atoms with Gasteiger partial charge in [-0.05, 0) is 36.2 Å². The lowest BCUT2D eigenvalue weighted by Gasteiger charge is -2.09. The van der Waals surface area contributed by atoms with Crippen LogP contribution in [0.5, 0.6) is 0 Å². The Kier molecular flexibility index (Phi) is 5.65. The largest absolute Gasteiger partial charge is 0.338 e. The maximum atomic E-state index is 13.4. The van der Waals surface area contributed by atoms with E-state index in [2.05, 4.69) is 10.6 Å². The SMILES string of the molecule is NS(=O)(=O)c1ccc(CCNC(=O)Nc2ccc(F)c(F)c2F)cc1. The van der Waals surface area contributed by atoms with Crippen molar-refractivity contribution in [3.63, 3.8) is 0 Å². The molecular weight excluding hydrogens is 359 g/mol. The van der Waals surface area contributed by atoms with Crippen LogP contribution >= 0.6 is 0 Å². The summed E-state index contributed by atoms with van der Waals surface area (Å²) in [7, 11) is -3.77. The molecule has 6 nitrogen and oxygen atoms in total. The highest BCUT2D eigenvalue weighted by atomic mass is 32.2. The highest BCUT2D eigenvalue weighted by Gasteiger charge is 2.15. The molecule has 0 aliphatic carbocycles. The summed E-state index contributed by atoms with van der Waals surface area (Å²) in [6.07, 6.45) is 0.360. The van der Waals surface area contributed by atoms with Crippen molar-refractivity contribution in [2.45, 2.75) is 11.3 Å². The molecule has 0 aromatic heterocycles. The molecule has 0 saturated heterocycles. The predicted octanol–water partition coefficient (Wildman–Crippen LogP) is 2.12. The van der Waals surface area contributed by atoms with Crippen LogP contribution in [0.2, 0.25) is 0 Å². The molecule has 0 spiro atoms. The second-order valence-corrected chi connectivity index (χ2v) is 6.60. The van der Waals surface area contributed by atoms with E-state index in [0.717, 1.165) is 11.6 Å². The van der Waals surface area contributed by atoms with Gasteiger partial charge in [-0.15, -0.1) is 0 Å². The number of rotatable bonds is 5. The van der Waals surface area contributed by atoms with Crippen molar-refractivity contribution < 1.29 is 26.4 Å². The molecule has 10 heteroatoms. The molecule has 0 radical (unpaired) electrons. The van der Waals surface area contributed by atoms with E-state index in [9.17, 15) is 26.4 Å².